The first kappa shape index (κ1) is 21.2. The van der Waals surface area contributed by atoms with Gasteiger partial charge in [0.15, 0.2) is 6.29 Å². The number of esters is 1. The normalized spacial score (nSPS) is 14.6. The van der Waals surface area contributed by atoms with Gasteiger partial charge in [0.1, 0.15) is 0 Å². The van der Waals surface area contributed by atoms with Crippen molar-refractivity contribution in [3.63, 3.8) is 0 Å². The molecule has 0 saturated carbocycles. The minimum atomic E-state index is -1.69. The fraction of sp³-hybridized carbons (Fsp3) is 0.207. The molecule has 4 aromatic rings. The van der Waals surface area contributed by atoms with E-state index in [1.54, 1.807) is 6.92 Å². The SMILES string of the molecule is C=C(C)C(=O)OC1(OC(O)C(C)C)c2c#cc3ccccc3c2-c2c1ccc1ccccc21. The molecule has 0 bridgehead atoms. The Morgan fingerprint density at radius 3 is 2.39 bits per heavy atom. The second-order valence-corrected chi connectivity index (χ2v) is 8.79. The van der Waals surface area contributed by atoms with Crippen LogP contribution < -0.4 is 0 Å². The number of fused-ring (bicyclic) bond motifs is 7. The highest BCUT2D eigenvalue weighted by molar-refractivity contribution is 6.10. The Hall–Kier alpha value is -3.65. The molecule has 5 rings (SSSR count). The van der Waals surface area contributed by atoms with Gasteiger partial charge in [0, 0.05) is 33.6 Å². The molecule has 2 atom stereocenters. The van der Waals surface area contributed by atoms with Crippen LogP contribution in [0.2, 0.25) is 0 Å². The van der Waals surface area contributed by atoms with Crippen molar-refractivity contribution in [2.24, 2.45) is 5.92 Å². The van der Waals surface area contributed by atoms with Gasteiger partial charge in [0.05, 0.1) is 5.56 Å². The first-order valence-electron chi connectivity index (χ1n) is 11.0. The summed E-state index contributed by atoms with van der Waals surface area (Å²) in [5.74, 6) is -2.53. The van der Waals surface area contributed by atoms with Crippen molar-refractivity contribution in [3.05, 3.63) is 96.1 Å². The Labute approximate surface area is 193 Å². The Morgan fingerprint density at radius 2 is 1.67 bits per heavy atom. The number of carbonyl (C=O) groups excluding carboxylic acids is 1. The lowest BCUT2D eigenvalue weighted by molar-refractivity contribution is -0.282. The van der Waals surface area contributed by atoms with Gasteiger partial charge in [-0.05, 0) is 29.1 Å². The van der Waals surface area contributed by atoms with E-state index >= 15 is 0 Å². The van der Waals surface area contributed by atoms with E-state index < -0.39 is 18.0 Å². The molecule has 33 heavy (non-hydrogen) atoms. The number of carbonyl (C=O) groups is 1. The number of aliphatic hydroxyl groups excluding tert-OH is 1. The zero-order chi connectivity index (χ0) is 23.3. The third kappa shape index (κ3) is 3.21. The second-order valence-electron chi connectivity index (χ2n) is 8.79. The Kier molecular flexibility index (Phi) is 4.97. The van der Waals surface area contributed by atoms with Crippen molar-refractivity contribution in [3.8, 4) is 11.1 Å². The van der Waals surface area contributed by atoms with Crippen molar-refractivity contribution in [1.29, 1.82) is 0 Å². The average molecular weight is 437 g/mol. The number of hydrogen-bond acceptors (Lipinski definition) is 4. The fourth-order valence-electron chi connectivity index (χ4n) is 4.37. The summed E-state index contributed by atoms with van der Waals surface area (Å²) in [6, 6.07) is 26.2. The monoisotopic (exact) mass is 436 g/mol. The molecule has 0 aromatic heterocycles. The molecule has 0 heterocycles. The van der Waals surface area contributed by atoms with Gasteiger partial charge in [-0.15, -0.1) is 0 Å². The lowest BCUT2D eigenvalue weighted by Gasteiger charge is -2.33. The van der Waals surface area contributed by atoms with Crippen LogP contribution in [0, 0.1) is 18.1 Å². The molecule has 1 N–H and O–H groups in total. The predicted octanol–water partition coefficient (Wildman–Crippen LogP) is 5.89. The Bertz CT molecular complexity index is 1330. The number of benzene rings is 3. The molecule has 4 heteroatoms. The van der Waals surface area contributed by atoms with Gasteiger partial charge in [-0.2, -0.15) is 0 Å². The zero-order valence-electron chi connectivity index (χ0n) is 18.8. The minimum absolute atomic E-state index is 0.234. The molecule has 0 radical (unpaired) electrons. The Balaban J connectivity index is 1.92. The maximum Gasteiger partial charge on any atom is 0.336 e. The van der Waals surface area contributed by atoms with Crippen molar-refractivity contribution in [1.82, 2.24) is 0 Å². The van der Waals surface area contributed by atoms with Crippen LogP contribution in [-0.2, 0) is 20.1 Å². The molecular formula is C29H24O4. The molecule has 164 valence electrons. The molecule has 1 aliphatic rings. The van der Waals surface area contributed by atoms with E-state index in [1.165, 1.54) is 0 Å². The van der Waals surface area contributed by atoms with E-state index in [2.05, 4.69) is 18.7 Å². The maximum absolute atomic E-state index is 12.9. The zero-order valence-corrected chi connectivity index (χ0v) is 18.8. The van der Waals surface area contributed by atoms with Crippen molar-refractivity contribution >= 4 is 27.5 Å². The van der Waals surface area contributed by atoms with E-state index in [4.69, 9.17) is 9.47 Å². The lowest BCUT2D eigenvalue weighted by atomic mass is 9.95. The quantitative estimate of drug-likeness (QED) is 0.241. The van der Waals surface area contributed by atoms with Crippen LogP contribution in [0.25, 0.3) is 32.7 Å². The van der Waals surface area contributed by atoms with Gasteiger partial charge in [-0.1, -0.05) is 87.2 Å². The van der Waals surface area contributed by atoms with Crippen molar-refractivity contribution in [2.75, 3.05) is 0 Å². The Morgan fingerprint density at radius 1 is 0.970 bits per heavy atom. The first-order valence-corrected chi connectivity index (χ1v) is 11.0. The molecule has 4 nitrogen and oxygen atoms in total. The highest BCUT2D eigenvalue weighted by Crippen LogP contribution is 2.54. The van der Waals surface area contributed by atoms with Crippen LogP contribution in [0.4, 0.5) is 0 Å². The van der Waals surface area contributed by atoms with Crippen LogP contribution in [-0.4, -0.2) is 17.4 Å². The van der Waals surface area contributed by atoms with Crippen LogP contribution in [0.5, 0.6) is 0 Å². The van der Waals surface area contributed by atoms with Gasteiger partial charge in [-0.3, -0.25) is 0 Å². The molecule has 2 unspecified atom stereocenters. The third-order valence-electron chi connectivity index (χ3n) is 6.07. The molecular weight excluding hydrogens is 412 g/mol. The fourth-order valence-corrected chi connectivity index (χ4v) is 4.37. The van der Waals surface area contributed by atoms with Gasteiger partial charge >= 0.3 is 5.97 Å². The molecule has 0 saturated heterocycles. The summed E-state index contributed by atoms with van der Waals surface area (Å²) < 4.78 is 12.3. The summed E-state index contributed by atoms with van der Waals surface area (Å²) in [4.78, 5) is 12.9. The highest BCUT2D eigenvalue weighted by Gasteiger charge is 2.51. The van der Waals surface area contributed by atoms with Crippen molar-refractivity contribution in [2.45, 2.75) is 32.8 Å². The van der Waals surface area contributed by atoms with Gasteiger partial charge in [-0.25, -0.2) is 4.79 Å². The smallest absolute Gasteiger partial charge is 0.336 e. The van der Waals surface area contributed by atoms with Gasteiger partial charge in [0.25, 0.3) is 5.79 Å². The lowest BCUT2D eigenvalue weighted by Crippen LogP contribution is -2.40. The summed E-state index contributed by atoms with van der Waals surface area (Å²) in [5, 5.41) is 14.7. The van der Waals surface area contributed by atoms with E-state index in [-0.39, 0.29) is 11.5 Å². The molecule has 1 aliphatic carbocycles. The standard InChI is InChI=1S/C29H24O4/c1-17(2)27(30)32-29(33-28(31)18(3)4)23-15-13-19-9-5-7-11-21(19)25(23)26-22-12-8-6-10-20(22)14-16-24(26)29/h5-13,15,18,28,31H,1H2,2-4H3. The van der Waals surface area contributed by atoms with Crippen LogP contribution >= 0.6 is 0 Å². The third-order valence-corrected chi connectivity index (χ3v) is 6.07. The average Bonchev–Trinajstić information content (AvgIpc) is 3.09. The van der Waals surface area contributed by atoms with Crippen LogP contribution in [0.3, 0.4) is 0 Å². The molecule has 0 amide bonds. The summed E-state index contributed by atoms with van der Waals surface area (Å²) in [6.45, 7) is 9.01. The van der Waals surface area contributed by atoms with E-state index in [0.717, 1.165) is 32.7 Å². The summed E-state index contributed by atoms with van der Waals surface area (Å²) in [6.07, 6.45) is -1.19. The first-order chi connectivity index (χ1) is 15.8. The minimum Gasteiger partial charge on any atom is -0.420 e. The highest BCUT2D eigenvalue weighted by atomic mass is 16.8. The van der Waals surface area contributed by atoms with Gasteiger partial charge < -0.3 is 14.6 Å². The molecule has 0 fully saturated rings. The van der Waals surface area contributed by atoms with Gasteiger partial charge in [0.2, 0.25) is 0 Å². The van der Waals surface area contributed by atoms with E-state index in [9.17, 15) is 9.90 Å². The number of ether oxygens (including phenoxy) is 2. The number of hydrogen-bond donors (Lipinski definition) is 1. The molecule has 0 spiro atoms. The number of rotatable bonds is 5. The van der Waals surface area contributed by atoms with Crippen molar-refractivity contribution < 1.29 is 19.4 Å². The molecule has 0 aliphatic heterocycles. The van der Waals surface area contributed by atoms with Crippen LogP contribution in [0.1, 0.15) is 31.9 Å². The second kappa shape index (κ2) is 7.74. The van der Waals surface area contributed by atoms with Crippen LogP contribution in [0.15, 0.2) is 72.8 Å². The van der Waals surface area contributed by atoms with E-state index in [0.29, 0.717) is 11.1 Å². The molecule has 4 aromatic carbocycles. The topological polar surface area (TPSA) is 55.8 Å². The number of aliphatic hydroxyl groups is 1. The predicted molar refractivity (Wildman–Crippen MR) is 128 cm³/mol. The largest absolute Gasteiger partial charge is 0.420 e. The maximum atomic E-state index is 12.9. The summed E-state index contributed by atoms with van der Waals surface area (Å²) in [5.41, 5.74) is 3.16. The summed E-state index contributed by atoms with van der Waals surface area (Å²) >= 11 is 0. The summed E-state index contributed by atoms with van der Waals surface area (Å²) in [7, 11) is 0. The van der Waals surface area contributed by atoms with E-state index in [1.807, 2.05) is 74.5 Å².